The number of primary sulfonamides is 1. The Morgan fingerprint density at radius 2 is 1.81 bits per heavy atom. The highest BCUT2D eigenvalue weighted by Gasteiger charge is 2.35. The van der Waals surface area contributed by atoms with Crippen molar-refractivity contribution in [3.63, 3.8) is 0 Å². The lowest BCUT2D eigenvalue weighted by atomic mass is 10.1. The van der Waals surface area contributed by atoms with E-state index in [0.717, 1.165) is 5.56 Å². The second-order valence-corrected chi connectivity index (χ2v) is 9.02. The second-order valence-electron chi connectivity index (χ2n) is 7.46. The van der Waals surface area contributed by atoms with Crippen molar-refractivity contribution in [2.24, 2.45) is 11.1 Å². The number of carbonyl (C=O) groups excluding carboxylic acids is 2. The number of benzene rings is 2. The SMILES string of the molecule is NS(=O)(=O)c1ccc(CCNC(=O)C2CC(=O)N(c3ccc4c(c3)OCCO4)C2)cc1. The molecule has 2 heterocycles. The first-order valence-corrected chi connectivity index (χ1v) is 11.5. The summed E-state index contributed by atoms with van der Waals surface area (Å²) in [6.07, 6.45) is 0.673. The zero-order chi connectivity index (χ0) is 22.0. The predicted octanol–water partition coefficient (Wildman–Crippen LogP) is 0.817. The van der Waals surface area contributed by atoms with Gasteiger partial charge in [-0.2, -0.15) is 0 Å². The zero-order valence-electron chi connectivity index (χ0n) is 16.7. The van der Waals surface area contributed by atoms with Crippen LogP contribution in [-0.2, 0) is 26.0 Å². The number of carbonyl (C=O) groups is 2. The summed E-state index contributed by atoms with van der Waals surface area (Å²) < 4.78 is 33.7. The predicted molar refractivity (Wildman–Crippen MR) is 112 cm³/mol. The van der Waals surface area contributed by atoms with Gasteiger partial charge < -0.3 is 19.7 Å². The molecule has 4 rings (SSSR count). The van der Waals surface area contributed by atoms with Crippen molar-refractivity contribution >= 4 is 27.5 Å². The van der Waals surface area contributed by atoms with E-state index >= 15 is 0 Å². The summed E-state index contributed by atoms with van der Waals surface area (Å²) in [6, 6.07) is 11.5. The number of hydrogen-bond donors (Lipinski definition) is 2. The van der Waals surface area contributed by atoms with E-state index in [9.17, 15) is 18.0 Å². The van der Waals surface area contributed by atoms with Crippen molar-refractivity contribution in [3.8, 4) is 11.5 Å². The van der Waals surface area contributed by atoms with Gasteiger partial charge in [-0.05, 0) is 36.2 Å². The van der Waals surface area contributed by atoms with Crippen LogP contribution in [0.3, 0.4) is 0 Å². The minimum atomic E-state index is -3.72. The van der Waals surface area contributed by atoms with Gasteiger partial charge in [0.25, 0.3) is 0 Å². The van der Waals surface area contributed by atoms with Crippen molar-refractivity contribution in [2.45, 2.75) is 17.7 Å². The lowest BCUT2D eigenvalue weighted by Crippen LogP contribution is -2.34. The summed E-state index contributed by atoms with van der Waals surface area (Å²) in [5, 5.41) is 7.94. The molecule has 0 radical (unpaired) electrons. The molecule has 3 N–H and O–H groups in total. The van der Waals surface area contributed by atoms with Gasteiger partial charge in [-0.25, -0.2) is 13.6 Å². The van der Waals surface area contributed by atoms with Crippen molar-refractivity contribution in [1.29, 1.82) is 0 Å². The van der Waals surface area contributed by atoms with E-state index in [1.807, 2.05) is 0 Å². The smallest absolute Gasteiger partial charge is 0.238 e. The molecule has 9 nitrogen and oxygen atoms in total. The van der Waals surface area contributed by atoms with Crippen LogP contribution >= 0.6 is 0 Å². The highest BCUT2D eigenvalue weighted by molar-refractivity contribution is 7.89. The number of rotatable bonds is 6. The van der Waals surface area contributed by atoms with E-state index < -0.39 is 15.9 Å². The van der Waals surface area contributed by atoms with E-state index in [-0.39, 0.29) is 23.1 Å². The quantitative estimate of drug-likeness (QED) is 0.677. The molecule has 1 saturated heterocycles. The summed E-state index contributed by atoms with van der Waals surface area (Å²) in [5.74, 6) is 0.501. The molecule has 2 amide bonds. The molecule has 1 unspecified atom stereocenters. The number of fused-ring (bicyclic) bond motifs is 1. The Morgan fingerprint density at radius 1 is 1.10 bits per heavy atom. The molecular formula is C21H23N3O6S. The fourth-order valence-electron chi connectivity index (χ4n) is 3.65. The van der Waals surface area contributed by atoms with Gasteiger partial charge in [-0.1, -0.05) is 12.1 Å². The Morgan fingerprint density at radius 3 is 2.52 bits per heavy atom. The molecular weight excluding hydrogens is 422 g/mol. The first-order valence-electron chi connectivity index (χ1n) is 9.91. The summed E-state index contributed by atoms with van der Waals surface area (Å²) in [7, 11) is -3.72. The van der Waals surface area contributed by atoms with Gasteiger partial charge in [0.1, 0.15) is 13.2 Å². The van der Waals surface area contributed by atoms with Crippen LogP contribution in [0.1, 0.15) is 12.0 Å². The third-order valence-corrected chi connectivity index (χ3v) is 6.23. The Balaban J connectivity index is 1.31. The maximum absolute atomic E-state index is 12.5. The molecule has 0 spiro atoms. The molecule has 0 saturated carbocycles. The summed E-state index contributed by atoms with van der Waals surface area (Å²) in [6.45, 7) is 1.63. The molecule has 10 heteroatoms. The fraction of sp³-hybridized carbons (Fsp3) is 0.333. The lowest BCUT2D eigenvalue weighted by Gasteiger charge is -2.22. The lowest BCUT2D eigenvalue weighted by molar-refractivity contribution is -0.126. The molecule has 1 fully saturated rings. The van der Waals surface area contributed by atoms with Gasteiger partial charge in [-0.3, -0.25) is 9.59 Å². The van der Waals surface area contributed by atoms with Gasteiger partial charge in [-0.15, -0.1) is 0 Å². The van der Waals surface area contributed by atoms with Crippen LogP contribution in [0.2, 0.25) is 0 Å². The van der Waals surface area contributed by atoms with Crippen LogP contribution in [0.4, 0.5) is 5.69 Å². The number of ether oxygens (including phenoxy) is 2. The van der Waals surface area contributed by atoms with Crippen LogP contribution in [0, 0.1) is 5.92 Å². The summed E-state index contributed by atoms with van der Waals surface area (Å²) in [5.41, 5.74) is 1.55. The molecule has 1 atom stereocenters. The third-order valence-electron chi connectivity index (χ3n) is 5.30. The van der Waals surface area contributed by atoms with E-state index in [1.165, 1.54) is 12.1 Å². The molecule has 0 bridgehead atoms. The minimum absolute atomic E-state index is 0.0454. The van der Waals surface area contributed by atoms with Crippen LogP contribution < -0.4 is 24.8 Å². The minimum Gasteiger partial charge on any atom is -0.486 e. The van der Waals surface area contributed by atoms with Crippen LogP contribution in [0.25, 0.3) is 0 Å². The highest BCUT2D eigenvalue weighted by atomic mass is 32.2. The average Bonchev–Trinajstić information content (AvgIpc) is 3.15. The Kier molecular flexibility index (Phi) is 5.84. The molecule has 0 aromatic heterocycles. The topological polar surface area (TPSA) is 128 Å². The monoisotopic (exact) mass is 445 g/mol. The van der Waals surface area contributed by atoms with E-state index in [2.05, 4.69) is 5.32 Å². The van der Waals surface area contributed by atoms with Gasteiger partial charge in [0.15, 0.2) is 11.5 Å². The number of nitrogens with two attached hydrogens (primary N) is 1. The molecule has 31 heavy (non-hydrogen) atoms. The Labute approximate surface area is 180 Å². The highest BCUT2D eigenvalue weighted by Crippen LogP contribution is 2.35. The largest absolute Gasteiger partial charge is 0.486 e. The summed E-state index contributed by atoms with van der Waals surface area (Å²) in [4.78, 5) is 26.7. The number of hydrogen-bond acceptors (Lipinski definition) is 6. The molecule has 164 valence electrons. The van der Waals surface area contributed by atoms with E-state index in [0.29, 0.717) is 49.9 Å². The van der Waals surface area contributed by atoms with Crippen LogP contribution in [0.15, 0.2) is 47.4 Å². The Hall–Kier alpha value is -3.11. The van der Waals surface area contributed by atoms with Crippen molar-refractivity contribution in [2.75, 3.05) is 31.2 Å². The molecule has 2 aromatic carbocycles. The maximum atomic E-state index is 12.5. The number of sulfonamides is 1. The first-order chi connectivity index (χ1) is 14.8. The van der Waals surface area contributed by atoms with Gasteiger partial charge in [0.2, 0.25) is 21.8 Å². The summed E-state index contributed by atoms with van der Waals surface area (Å²) >= 11 is 0. The zero-order valence-corrected chi connectivity index (χ0v) is 17.6. The van der Waals surface area contributed by atoms with Crippen molar-refractivity contribution in [3.05, 3.63) is 48.0 Å². The number of nitrogens with zero attached hydrogens (tertiary/aromatic N) is 1. The van der Waals surface area contributed by atoms with Gasteiger partial charge in [0.05, 0.1) is 10.8 Å². The van der Waals surface area contributed by atoms with E-state index in [4.69, 9.17) is 14.6 Å². The molecule has 2 aliphatic heterocycles. The van der Waals surface area contributed by atoms with Crippen LogP contribution in [-0.4, -0.2) is 46.5 Å². The average molecular weight is 445 g/mol. The van der Waals surface area contributed by atoms with E-state index in [1.54, 1.807) is 35.2 Å². The first kappa shape index (κ1) is 21.1. The maximum Gasteiger partial charge on any atom is 0.238 e. The van der Waals surface area contributed by atoms with Crippen LogP contribution in [0.5, 0.6) is 11.5 Å². The van der Waals surface area contributed by atoms with Crippen molar-refractivity contribution in [1.82, 2.24) is 5.32 Å². The standard InChI is InChI=1S/C21H23N3O6S/c22-31(27,28)17-4-1-14(2-5-17)7-8-23-21(26)15-11-20(25)24(13-15)16-3-6-18-19(12-16)30-10-9-29-18/h1-6,12,15H,7-11,13H2,(H,23,26)(H2,22,27,28). The van der Waals surface area contributed by atoms with Gasteiger partial charge >= 0.3 is 0 Å². The second kappa shape index (κ2) is 8.56. The molecule has 2 aliphatic rings. The molecule has 0 aliphatic carbocycles. The Bertz CT molecular complexity index is 1100. The number of amides is 2. The van der Waals surface area contributed by atoms with Gasteiger partial charge in [0, 0.05) is 31.3 Å². The fourth-order valence-corrected chi connectivity index (χ4v) is 4.17. The van der Waals surface area contributed by atoms with Crippen molar-refractivity contribution < 1.29 is 27.5 Å². The normalized spacial score (nSPS) is 18.2. The third kappa shape index (κ3) is 4.80. The molecule has 2 aromatic rings. The number of anilines is 1. The number of nitrogens with one attached hydrogen (secondary N) is 1.